The first-order valence-corrected chi connectivity index (χ1v) is 8.76. The molecule has 0 bridgehead atoms. The lowest BCUT2D eigenvalue weighted by Crippen LogP contribution is -2.47. The lowest BCUT2D eigenvalue weighted by molar-refractivity contribution is -0.141. The molecule has 1 aliphatic carbocycles. The highest BCUT2D eigenvalue weighted by atomic mass is 16.5. The third-order valence-corrected chi connectivity index (χ3v) is 5.21. The van der Waals surface area contributed by atoms with E-state index in [9.17, 15) is 4.79 Å². The average molecular weight is 313 g/mol. The number of hydrogen-bond donors (Lipinski definition) is 0. The van der Waals surface area contributed by atoms with Crippen molar-refractivity contribution in [2.24, 2.45) is 11.8 Å². The molecule has 1 heterocycles. The minimum atomic E-state index is 0.120. The first kappa shape index (κ1) is 16.3. The van der Waals surface area contributed by atoms with Gasteiger partial charge in [-0.25, -0.2) is 0 Å². The summed E-state index contributed by atoms with van der Waals surface area (Å²) in [6.07, 6.45) is 5.81. The molecule has 0 spiro atoms. The topological polar surface area (TPSA) is 29.5 Å². The zero-order valence-electron chi connectivity index (χ0n) is 14.0. The van der Waals surface area contributed by atoms with Gasteiger partial charge in [0.05, 0.1) is 18.8 Å². The van der Waals surface area contributed by atoms with Gasteiger partial charge in [-0.3, -0.25) is 4.79 Å². The highest BCUT2D eigenvalue weighted by Crippen LogP contribution is 2.37. The lowest BCUT2D eigenvalue weighted by atomic mass is 9.75. The highest BCUT2D eigenvalue weighted by Gasteiger charge is 2.42. The van der Waals surface area contributed by atoms with Crippen LogP contribution in [0.4, 0.5) is 0 Å². The Morgan fingerprint density at radius 2 is 2.09 bits per heavy atom. The molecule has 0 unspecified atom stereocenters. The van der Waals surface area contributed by atoms with Crippen molar-refractivity contribution in [1.29, 1.82) is 0 Å². The fourth-order valence-electron chi connectivity index (χ4n) is 3.92. The summed E-state index contributed by atoms with van der Waals surface area (Å²) in [5.41, 5.74) is 1.27. The van der Waals surface area contributed by atoms with Crippen molar-refractivity contribution in [3.05, 3.63) is 48.6 Å². The van der Waals surface area contributed by atoms with Crippen LogP contribution in [0.5, 0.6) is 0 Å². The Hall–Kier alpha value is -1.61. The number of likely N-dealkylation sites (tertiary alicyclic amines) is 1. The van der Waals surface area contributed by atoms with Crippen LogP contribution < -0.4 is 0 Å². The molecule has 0 N–H and O–H groups in total. The third-order valence-electron chi connectivity index (χ3n) is 5.21. The smallest absolute Gasteiger partial charge is 0.226 e. The van der Waals surface area contributed by atoms with Crippen LogP contribution in [0.15, 0.2) is 43.0 Å². The van der Waals surface area contributed by atoms with Crippen LogP contribution in [0.2, 0.25) is 0 Å². The molecular weight excluding hydrogens is 286 g/mol. The van der Waals surface area contributed by atoms with Crippen molar-refractivity contribution in [3.63, 3.8) is 0 Å². The fourth-order valence-corrected chi connectivity index (χ4v) is 3.92. The van der Waals surface area contributed by atoms with Crippen LogP contribution in [-0.4, -0.2) is 36.1 Å². The molecule has 3 heteroatoms. The summed E-state index contributed by atoms with van der Waals surface area (Å²) >= 11 is 0. The Morgan fingerprint density at radius 3 is 2.74 bits per heavy atom. The number of rotatable bonds is 6. The molecule has 1 aromatic rings. The van der Waals surface area contributed by atoms with E-state index < -0.39 is 0 Å². The predicted molar refractivity (Wildman–Crippen MR) is 92.1 cm³/mol. The van der Waals surface area contributed by atoms with Crippen molar-refractivity contribution in [3.8, 4) is 0 Å². The van der Waals surface area contributed by atoms with E-state index in [1.165, 1.54) is 5.56 Å². The van der Waals surface area contributed by atoms with Crippen molar-refractivity contribution >= 4 is 5.91 Å². The summed E-state index contributed by atoms with van der Waals surface area (Å²) in [5, 5.41) is 0. The Bertz CT molecular complexity index is 536. The maximum absolute atomic E-state index is 12.8. The van der Waals surface area contributed by atoms with Gasteiger partial charge in [0.15, 0.2) is 0 Å². The second-order valence-corrected chi connectivity index (χ2v) is 7.01. The van der Waals surface area contributed by atoms with Crippen LogP contribution in [0.25, 0.3) is 0 Å². The summed E-state index contributed by atoms with van der Waals surface area (Å²) in [6.45, 7) is 7.34. The zero-order valence-corrected chi connectivity index (χ0v) is 14.0. The summed E-state index contributed by atoms with van der Waals surface area (Å²) in [4.78, 5) is 14.9. The lowest BCUT2D eigenvalue weighted by Gasteiger charge is -2.37. The summed E-state index contributed by atoms with van der Waals surface area (Å²) in [5.74, 6) is 1.28. The van der Waals surface area contributed by atoms with Gasteiger partial charge in [0, 0.05) is 12.5 Å². The first-order valence-electron chi connectivity index (χ1n) is 8.76. The number of carbonyl (C=O) groups excluding carboxylic acids is 1. The highest BCUT2D eigenvalue weighted by molar-refractivity contribution is 5.80. The van der Waals surface area contributed by atoms with Crippen molar-refractivity contribution < 1.29 is 9.53 Å². The van der Waals surface area contributed by atoms with Crippen molar-refractivity contribution in [1.82, 2.24) is 4.90 Å². The van der Waals surface area contributed by atoms with Gasteiger partial charge in [-0.2, -0.15) is 0 Å². The number of hydrogen-bond acceptors (Lipinski definition) is 2. The Morgan fingerprint density at radius 1 is 1.35 bits per heavy atom. The molecule has 2 atom stereocenters. The van der Waals surface area contributed by atoms with Gasteiger partial charge in [0.1, 0.15) is 0 Å². The van der Waals surface area contributed by atoms with Crippen LogP contribution >= 0.6 is 0 Å². The molecule has 1 aliphatic heterocycles. The average Bonchev–Trinajstić information content (AvgIpc) is 2.93. The first-order chi connectivity index (χ1) is 11.2. The van der Waals surface area contributed by atoms with Gasteiger partial charge in [-0.05, 0) is 37.2 Å². The van der Waals surface area contributed by atoms with E-state index in [4.69, 9.17) is 4.74 Å². The largest absolute Gasteiger partial charge is 0.372 e. The molecule has 1 saturated carbocycles. The standard InChI is InChI=1S/C20H27NO2/c1-3-11-23-19-9-10-21(20(22)17-12-15(2)13-17)18(19)14-16-7-5-4-6-8-16/h3-8,15,17-19H,1,9-14H2,2H3/t15?,17?,18-,19+/m0/s1. The molecule has 23 heavy (non-hydrogen) atoms. The van der Waals surface area contributed by atoms with Gasteiger partial charge < -0.3 is 9.64 Å². The molecule has 0 radical (unpaired) electrons. The molecule has 2 aliphatic rings. The number of carbonyl (C=O) groups is 1. The van der Waals surface area contributed by atoms with Crippen molar-refractivity contribution in [2.75, 3.05) is 13.2 Å². The molecule has 3 nitrogen and oxygen atoms in total. The third kappa shape index (κ3) is 3.66. The molecule has 2 fully saturated rings. The predicted octanol–water partition coefficient (Wildman–Crippen LogP) is 3.45. The molecule has 0 aromatic heterocycles. The Balaban J connectivity index is 1.71. The van der Waals surface area contributed by atoms with E-state index >= 15 is 0 Å². The number of nitrogens with zero attached hydrogens (tertiary/aromatic N) is 1. The van der Waals surface area contributed by atoms with Crippen LogP contribution in [-0.2, 0) is 16.0 Å². The van der Waals surface area contributed by atoms with Gasteiger partial charge >= 0.3 is 0 Å². The summed E-state index contributed by atoms with van der Waals surface area (Å²) < 4.78 is 5.96. The summed E-state index contributed by atoms with van der Waals surface area (Å²) in [6, 6.07) is 10.6. The van der Waals surface area contributed by atoms with E-state index in [1.54, 1.807) is 6.08 Å². The van der Waals surface area contributed by atoms with Gasteiger partial charge in [-0.1, -0.05) is 43.3 Å². The fraction of sp³-hybridized carbons (Fsp3) is 0.550. The minimum absolute atomic E-state index is 0.120. The van der Waals surface area contributed by atoms with Crippen molar-refractivity contribution in [2.45, 2.75) is 44.8 Å². The van der Waals surface area contributed by atoms with E-state index in [1.807, 2.05) is 6.07 Å². The second-order valence-electron chi connectivity index (χ2n) is 7.01. The van der Waals surface area contributed by atoms with Gasteiger partial charge in [0.2, 0.25) is 5.91 Å². The molecule has 1 saturated heterocycles. The molecular formula is C20H27NO2. The van der Waals surface area contributed by atoms with Crippen LogP contribution in [0, 0.1) is 11.8 Å². The SMILES string of the molecule is C=CCO[C@@H]1CCN(C(=O)C2CC(C)C2)[C@H]1Cc1ccccc1. The Kier molecular flexibility index (Phi) is 5.16. The zero-order chi connectivity index (χ0) is 16.2. The molecule has 1 amide bonds. The Labute approximate surface area is 139 Å². The van der Waals surface area contributed by atoms with Gasteiger partial charge in [0.25, 0.3) is 0 Å². The number of benzene rings is 1. The maximum Gasteiger partial charge on any atom is 0.226 e. The maximum atomic E-state index is 12.8. The quantitative estimate of drug-likeness (QED) is 0.753. The number of ether oxygens (including phenoxy) is 1. The normalized spacial score (nSPS) is 30.0. The van der Waals surface area contributed by atoms with E-state index in [2.05, 4.69) is 42.7 Å². The van der Waals surface area contributed by atoms with Crippen LogP contribution in [0.1, 0.15) is 31.7 Å². The monoisotopic (exact) mass is 313 g/mol. The van der Waals surface area contributed by atoms with Gasteiger partial charge in [-0.15, -0.1) is 6.58 Å². The summed E-state index contributed by atoms with van der Waals surface area (Å²) in [7, 11) is 0. The van der Waals surface area contributed by atoms with E-state index in [0.717, 1.165) is 32.2 Å². The number of amides is 1. The molecule has 3 rings (SSSR count). The second kappa shape index (κ2) is 7.31. The van der Waals surface area contributed by atoms with E-state index in [-0.39, 0.29) is 18.1 Å². The molecule has 1 aromatic carbocycles. The molecule has 124 valence electrons. The van der Waals surface area contributed by atoms with Crippen LogP contribution in [0.3, 0.4) is 0 Å². The van der Waals surface area contributed by atoms with E-state index in [0.29, 0.717) is 18.4 Å². The minimum Gasteiger partial charge on any atom is -0.372 e.